The molecule has 0 unspecified atom stereocenters. The Kier molecular flexibility index (Phi) is 3.12. The molecule has 0 bridgehead atoms. The standard InChI is InChI=1S/C14H21N5/c1-10(2)6-7-18(12-4-5-12)13-8-11(3)17-14-15-9-16-19(13)14/h8-10,12H,4-7H2,1-3H3. The number of hydrogen-bond donors (Lipinski definition) is 0. The van der Waals surface area contributed by atoms with E-state index in [2.05, 4.69) is 39.9 Å². The molecule has 1 aliphatic carbocycles. The first-order chi connectivity index (χ1) is 9.15. The second-order valence-electron chi connectivity index (χ2n) is 5.83. The molecule has 0 saturated heterocycles. The van der Waals surface area contributed by atoms with Gasteiger partial charge in [-0.3, -0.25) is 0 Å². The molecule has 19 heavy (non-hydrogen) atoms. The second kappa shape index (κ2) is 4.79. The van der Waals surface area contributed by atoms with Crippen LogP contribution in [-0.4, -0.2) is 32.2 Å². The first kappa shape index (κ1) is 12.4. The topological polar surface area (TPSA) is 46.3 Å². The van der Waals surface area contributed by atoms with Crippen molar-refractivity contribution in [2.24, 2.45) is 5.92 Å². The van der Waals surface area contributed by atoms with E-state index >= 15 is 0 Å². The minimum atomic E-state index is 0.674. The Morgan fingerprint density at radius 3 is 2.89 bits per heavy atom. The summed E-state index contributed by atoms with van der Waals surface area (Å²) in [5.41, 5.74) is 1.01. The van der Waals surface area contributed by atoms with Gasteiger partial charge in [-0.15, -0.1) is 0 Å². The largest absolute Gasteiger partial charge is 0.353 e. The molecule has 2 aromatic heterocycles. The monoisotopic (exact) mass is 259 g/mol. The van der Waals surface area contributed by atoms with Gasteiger partial charge in [0.2, 0.25) is 0 Å². The summed E-state index contributed by atoms with van der Waals surface area (Å²) in [4.78, 5) is 11.1. The Morgan fingerprint density at radius 1 is 1.42 bits per heavy atom. The SMILES string of the molecule is Cc1cc(N(CCC(C)C)C2CC2)n2ncnc2n1. The number of aromatic nitrogens is 4. The molecule has 0 aliphatic heterocycles. The van der Waals surface area contributed by atoms with Crippen molar-refractivity contribution in [3.63, 3.8) is 0 Å². The zero-order valence-corrected chi connectivity index (χ0v) is 11.9. The quantitative estimate of drug-likeness (QED) is 0.827. The summed E-state index contributed by atoms with van der Waals surface area (Å²) in [6, 6.07) is 2.80. The van der Waals surface area contributed by atoms with Crippen LogP contribution in [0.2, 0.25) is 0 Å². The van der Waals surface area contributed by atoms with Gasteiger partial charge in [0.1, 0.15) is 12.1 Å². The molecule has 0 aromatic carbocycles. The van der Waals surface area contributed by atoms with Gasteiger partial charge in [0.25, 0.3) is 5.78 Å². The molecular formula is C14H21N5. The lowest BCUT2D eigenvalue weighted by Gasteiger charge is -2.25. The summed E-state index contributed by atoms with van der Waals surface area (Å²) < 4.78 is 1.87. The summed E-state index contributed by atoms with van der Waals surface area (Å²) in [7, 11) is 0. The fraction of sp³-hybridized carbons (Fsp3) is 0.643. The summed E-state index contributed by atoms with van der Waals surface area (Å²) in [6.07, 6.45) is 5.36. The van der Waals surface area contributed by atoms with Crippen molar-refractivity contribution in [3.05, 3.63) is 18.1 Å². The van der Waals surface area contributed by atoms with E-state index in [9.17, 15) is 0 Å². The average Bonchev–Trinajstić information content (AvgIpc) is 3.07. The van der Waals surface area contributed by atoms with E-state index < -0.39 is 0 Å². The van der Waals surface area contributed by atoms with Crippen LogP contribution in [0.15, 0.2) is 12.4 Å². The molecule has 0 radical (unpaired) electrons. The minimum Gasteiger partial charge on any atom is -0.353 e. The van der Waals surface area contributed by atoms with E-state index in [1.807, 2.05) is 11.4 Å². The normalized spacial score (nSPS) is 15.4. The van der Waals surface area contributed by atoms with Crippen LogP contribution in [0.25, 0.3) is 5.78 Å². The van der Waals surface area contributed by atoms with Crippen molar-refractivity contribution in [1.29, 1.82) is 0 Å². The van der Waals surface area contributed by atoms with E-state index in [-0.39, 0.29) is 0 Å². The summed E-state index contributed by atoms with van der Waals surface area (Å²) >= 11 is 0. The highest BCUT2D eigenvalue weighted by Gasteiger charge is 2.30. The zero-order chi connectivity index (χ0) is 13.4. The maximum atomic E-state index is 4.42. The van der Waals surface area contributed by atoms with Gasteiger partial charge in [-0.1, -0.05) is 13.8 Å². The summed E-state index contributed by atoms with van der Waals surface area (Å²) in [6.45, 7) is 7.65. The smallest absolute Gasteiger partial charge is 0.254 e. The van der Waals surface area contributed by atoms with Crippen LogP contribution in [0, 0.1) is 12.8 Å². The fourth-order valence-corrected chi connectivity index (χ4v) is 2.38. The number of nitrogens with zero attached hydrogens (tertiary/aromatic N) is 5. The Bertz CT molecular complexity index is 570. The molecule has 1 fully saturated rings. The number of hydrogen-bond acceptors (Lipinski definition) is 4. The minimum absolute atomic E-state index is 0.674. The molecule has 0 spiro atoms. The van der Waals surface area contributed by atoms with Gasteiger partial charge in [0, 0.05) is 24.3 Å². The third kappa shape index (κ3) is 2.55. The summed E-state index contributed by atoms with van der Waals surface area (Å²) in [5, 5.41) is 4.32. The fourth-order valence-electron chi connectivity index (χ4n) is 2.38. The maximum Gasteiger partial charge on any atom is 0.254 e. The zero-order valence-electron chi connectivity index (χ0n) is 11.9. The molecule has 3 rings (SSSR count). The third-order valence-electron chi connectivity index (χ3n) is 3.59. The molecule has 0 amide bonds. The number of anilines is 1. The van der Waals surface area contributed by atoms with Gasteiger partial charge < -0.3 is 4.90 Å². The van der Waals surface area contributed by atoms with E-state index in [4.69, 9.17) is 0 Å². The Labute approximate surface area is 113 Å². The number of fused-ring (bicyclic) bond motifs is 1. The van der Waals surface area contributed by atoms with Gasteiger partial charge >= 0.3 is 0 Å². The van der Waals surface area contributed by atoms with Gasteiger partial charge in [-0.2, -0.15) is 14.6 Å². The first-order valence-corrected chi connectivity index (χ1v) is 7.09. The first-order valence-electron chi connectivity index (χ1n) is 7.09. The highest BCUT2D eigenvalue weighted by molar-refractivity contribution is 5.48. The average molecular weight is 259 g/mol. The van der Waals surface area contributed by atoms with Crippen molar-refractivity contribution in [1.82, 2.24) is 19.6 Å². The van der Waals surface area contributed by atoms with Crippen LogP contribution >= 0.6 is 0 Å². The van der Waals surface area contributed by atoms with Crippen LogP contribution in [0.5, 0.6) is 0 Å². The molecule has 1 saturated carbocycles. The Balaban J connectivity index is 1.96. The molecule has 0 N–H and O–H groups in total. The highest BCUT2D eigenvalue weighted by atomic mass is 15.4. The predicted molar refractivity (Wildman–Crippen MR) is 75.3 cm³/mol. The Morgan fingerprint density at radius 2 is 2.21 bits per heavy atom. The third-order valence-corrected chi connectivity index (χ3v) is 3.59. The predicted octanol–water partition coefficient (Wildman–Crippen LogP) is 2.45. The van der Waals surface area contributed by atoms with Gasteiger partial charge in [0.05, 0.1) is 0 Å². The van der Waals surface area contributed by atoms with Gasteiger partial charge in [-0.05, 0) is 32.1 Å². The van der Waals surface area contributed by atoms with Gasteiger partial charge in [0.15, 0.2) is 0 Å². The molecular weight excluding hydrogens is 238 g/mol. The van der Waals surface area contributed by atoms with Crippen LogP contribution in [0.1, 0.15) is 38.8 Å². The number of rotatable bonds is 5. The lowest BCUT2D eigenvalue weighted by Crippen LogP contribution is -2.30. The molecule has 2 aromatic rings. The van der Waals surface area contributed by atoms with E-state index in [0.717, 1.165) is 24.0 Å². The lowest BCUT2D eigenvalue weighted by atomic mass is 10.1. The van der Waals surface area contributed by atoms with Crippen molar-refractivity contribution < 1.29 is 0 Å². The second-order valence-corrected chi connectivity index (χ2v) is 5.83. The molecule has 1 aliphatic rings. The molecule has 5 heteroatoms. The van der Waals surface area contributed by atoms with Crippen molar-refractivity contribution in [3.8, 4) is 0 Å². The van der Waals surface area contributed by atoms with E-state index in [1.165, 1.54) is 19.3 Å². The summed E-state index contributed by atoms with van der Waals surface area (Å²) in [5.74, 6) is 2.56. The van der Waals surface area contributed by atoms with Crippen molar-refractivity contribution in [2.45, 2.75) is 46.1 Å². The highest BCUT2D eigenvalue weighted by Crippen LogP contribution is 2.32. The molecule has 2 heterocycles. The molecule has 5 nitrogen and oxygen atoms in total. The molecule has 102 valence electrons. The van der Waals surface area contributed by atoms with Crippen molar-refractivity contribution in [2.75, 3.05) is 11.4 Å². The van der Waals surface area contributed by atoms with E-state index in [1.54, 1.807) is 6.33 Å². The van der Waals surface area contributed by atoms with Crippen LogP contribution in [0.4, 0.5) is 5.82 Å². The maximum absolute atomic E-state index is 4.42. The van der Waals surface area contributed by atoms with Crippen molar-refractivity contribution >= 4 is 11.6 Å². The molecule has 0 atom stereocenters. The van der Waals surface area contributed by atoms with Gasteiger partial charge in [-0.25, -0.2) is 4.98 Å². The van der Waals surface area contributed by atoms with Crippen LogP contribution in [-0.2, 0) is 0 Å². The van der Waals surface area contributed by atoms with Crippen LogP contribution < -0.4 is 4.90 Å². The number of aryl methyl sites for hydroxylation is 1. The van der Waals surface area contributed by atoms with E-state index in [0.29, 0.717) is 11.8 Å². The van der Waals surface area contributed by atoms with Crippen LogP contribution in [0.3, 0.4) is 0 Å². The Hall–Kier alpha value is -1.65. The lowest BCUT2D eigenvalue weighted by molar-refractivity contribution is 0.565.